The van der Waals surface area contributed by atoms with Crippen molar-refractivity contribution in [1.29, 1.82) is 0 Å². The van der Waals surface area contributed by atoms with Gasteiger partial charge in [-0.1, -0.05) is 12.1 Å². The van der Waals surface area contributed by atoms with Gasteiger partial charge in [0, 0.05) is 24.6 Å². The third-order valence-corrected chi connectivity index (χ3v) is 3.71. The minimum absolute atomic E-state index is 0.00734. The molecule has 3 atom stereocenters. The van der Waals surface area contributed by atoms with Crippen molar-refractivity contribution in [1.82, 2.24) is 5.32 Å². The summed E-state index contributed by atoms with van der Waals surface area (Å²) in [7, 11) is 0. The van der Waals surface area contributed by atoms with Crippen molar-refractivity contribution in [2.45, 2.75) is 32.4 Å². The molecule has 0 unspecified atom stereocenters. The number of nitrogens with zero attached hydrogens (tertiary/aromatic N) is 1. The molecule has 0 saturated carbocycles. The first-order valence-electron chi connectivity index (χ1n) is 7.01. The molecule has 0 spiro atoms. The molecular formula is C15H18F2N2O3. The van der Waals surface area contributed by atoms with Crippen molar-refractivity contribution in [2.75, 3.05) is 6.61 Å². The van der Waals surface area contributed by atoms with Crippen LogP contribution < -0.4 is 5.32 Å². The minimum Gasteiger partial charge on any atom is -0.396 e. The van der Waals surface area contributed by atoms with Gasteiger partial charge < -0.3 is 15.3 Å². The summed E-state index contributed by atoms with van der Waals surface area (Å²) >= 11 is 0. The summed E-state index contributed by atoms with van der Waals surface area (Å²) in [5, 5.41) is 15.4. The van der Waals surface area contributed by atoms with E-state index >= 15 is 0 Å². The number of halogens is 2. The zero-order chi connectivity index (χ0) is 16.3. The van der Waals surface area contributed by atoms with Crippen LogP contribution in [0.3, 0.4) is 0 Å². The van der Waals surface area contributed by atoms with Crippen molar-refractivity contribution in [2.24, 2.45) is 11.1 Å². The van der Waals surface area contributed by atoms with Gasteiger partial charge in [-0.2, -0.15) is 0 Å². The number of oxime groups is 1. The molecule has 0 radical (unpaired) electrons. The first kappa shape index (κ1) is 16.4. The average molecular weight is 312 g/mol. The van der Waals surface area contributed by atoms with Crippen LogP contribution in [0.4, 0.5) is 8.78 Å². The molecule has 1 aromatic carbocycles. The van der Waals surface area contributed by atoms with Gasteiger partial charge in [0.15, 0.2) is 0 Å². The van der Waals surface area contributed by atoms with E-state index in [1.54, 1.807) is 13.8 Å². The largest absolute Gasteiger partial charge is 0.396 e. The number of amides is 1. The maximum absolute atomic E-state index is 13.7. The Balaban J connectivity index is 2.00. The van der Waals surface area contributed by atoms with E-state index in [0.29, 0.717) is 0 Å². The fraction of sp³-hybridized carbons (Fsp3) is 0.467. The normalized spacial score (nSPS) is 20.0. The van der Waals surface area contributed by atoms with Crippen LogP contribution in [-0.2, 0) is 9.63 Å². The number of aliphatic hydroxyl groups excluding tert-OH is 1. The van der Waals surface area contributed by atoms with E-state index in [-0.39, 0.29) is 36.3 Å². The predicted octanol–water partition coefficient (Wildman–Crippen LogP) is 1.59. The maximum Gasteiger partial charge on any atom is 0.264 e. The lowest BCUT2D eigenvalue weighted by Crippen LogP contribution is -2.43. The van der Waals surface area contributed by atoms with Gasteiger partial charge in [-0.15, -0.1) is 0 Å². The van der Waals surface area contributed by atoms with Crippen molar-refractivity contribution in [3.8, 4) is 0 Å². The van der Waals surface area contributed by atoms with Gasteiger partial charge in [0.1, 0.15) is 11.6 Å². The van der Waals surface area contributed by atoms with Crippen LogP contribution in [0.2, 0.25) is 0 Å². The van der Waals surface area contributed by atoms with Gasteiger partial charge in [-0.05, 0) is 31.0 Å². The first-order valence-corrected chi connectivity index (χ1v) is 7.01. The minimum atomic E-state index is -0.883. The molecule has 1 aliphatic heterocycles. The Labute approximate surface area is 127 Å². The van der Waals surface area contributed by atoms with Gasteiger partial charge in [0.05, 0.1) is 5.71 Å². The maximum atomic E-state index is 13.7. The van der Waals surface area contributed by atoms with Gasteiger partial charge in [0.25, 0.3) is 5.91 Å². The number of hydrogen-bond donors (Lipinski definition) is 2. The van der Waals surface area contributed by atoms with Crippen LogP contribution in [-0.4, -0.2) is 35.5 Å². The molecule has 0 aliphatic carbocycles. The molecule has 1 heterocycles. The number of benzene rings is 1. The van der Waals surface area contributed by atoms with Crippen LogP contribution >= 0.6 is 0 Å². The van der Waals surface area contributed by atoms with Crippen molar-refractivity contribution >= 4 is 11.6 Å². The Morgan fingerprint density at radius 1 is 1.50 bits per heavy atom. The standard InChI is InChI=1S/C15H18F2N2O3/c1-8(7-20)9(2)18-15(21)14-6-13(19-22-14)11-5-10(16)3-4-12(11)17/h3-5,8-9,14,20H,6-7H2,1-2H3,(H,18,21)/t8-,9-,14-/m1/s1. The van der Waals surface area contributed by atoms with E-state index in [1.807, 2.05) is 0 Å². The lowest BCUT2D eigenvalue weighted by molar-refractivity contribution is -0.132. The Kier molecular flexibility index (Phi) is 5.07. The number of carbonyl (C=O) groups excluding carboxylic acids is 1. The van der Waals surface area contributed by atoms with E-state index in [0.717, 1.165) is 18.2 Å². The van der Waals surface area contributed by atoms with E-state index in [1.165, 1.54) is 0 Å². The monoisotopic (exact) mass is 312 g/mol. The topological polar surface area (TPSA) is 70.9 Å². The van der Waals surface area contributed by atoms with E-state index in [2.05, 4.69) is 10.5 Å². The van der Waals surface area contributed by atoms with Crippen molar-refractivity contribution in [3.05, 3.63) is 35.4 Å². The number of aliphatic hydroxyl groups is 1. The molecule has 1 amide bonds. The average Bonchev–Trinajstić information content (AvgIpc) is 2.98. The molecule has 5 nitrogen and oxygen atoms in total. The highest BCUT2D eigenvalue weighted by atomic mass is 19.1. The fourth-order valence-electron chi connectivity index (χ4n) is 2.01. The molecule has 1 aromatic rings. The third-order valence-electron chi connectivity index (χ3n) is 3.71. The lowest BCUT2D eigenvalue weighted by atomic mass is 10.0. The number of nitrogens with one attached hydrogen (secondary N) is 1. The fourth-order valence-corrected chi connectivity index (χ4v) is 2.01. The Hall–Kier alpha value is -2.02. The van der Waals surface area contributed by atoms with Gasteiger partial charge in [-0.25, -0.2) is 8.78 Å². The summed E-state index contributed by atoms with van der Waals surface area (Å²) < 4.78 is 26.9. The van der Waals surface area contributed by atoms with Gasteiger partial charge in [0.2, 0.25) is 6.10 Å². The van der Waals surface area contributed by atoms with E-state index in [9.17, 15) is 13.6 Å². The number of carbonyl (C=O) groups is 1. The number of rotatable bonds is 5. The summed E-state index contributed by atoms with van der Waals surface area (Å²) in [4.78, 5) is 17.1. The van der Waals surface area contributed by atoms with Crippen LogP contribution in [0.1, 0.15) is 25.8 Å². The lowest BCUT2D eigenvalue weighted by Gasteiger charge is -2.20. The zero-order valence-corrected chi connectivity index (χ0v) is 12.3. The van der Waals surface area contributed by atoms with Crippen LogP contribution in [0.15, 0.2) is 23.4 Å². The van der Waals surface area contributed by atoms with Crippen molar-refractivity contribution < 1.29 is 23.5 Å². The highest BCUT2D eigenvalue weighted by Gasteiger charge is 2.31. The molecule has 0 fully saturated rings. The quantitative estimate of drug-likeness (QED) is 0.867. The molecule has 2 rings (SSSR count). The highest BCUT2D eigenvalue weighted by Crippen LogP contribution is 2.20. The van der Waals surface area contributed by atoms with E-state index in [4.69, 9.17) is 9.94 Å². The van der Waals surface area contributed by atoms with Crippen LogP contribution in [0.5, 0.6) is 0 Å². The summed E-state index contributed by atoms with van der Waals surface area (Å²) in [6.07, 6.45) is -0.821. The molecule has 22 heavy (non-hydrogen) atoms. The summed E-state index contributed by atoms with van der Waals surface area (Å²) in [5.41, 5.74) is 0.187. The second-order valence-electron chi connectivity index (χ2n) is 5.42. The van der Waals surface area contributed by atoms with Crippen molar-refractivity contribution in [3.63, 3.8) is 0 Å². The number of hydrogen-bond acceptors (Lipinski definition) is 4. The second kappa shape index (κ2) is 6.83. The Morgan fingerprint density at radius 3 is 2.91 bits per heavy atom. The second-order valence-corrected chi connectivity index (χ2v) is 5.42. The third kappa shape index (κ3) is 3.59. The molecule has 2 N–H and O–H groups in total. The molecule has 0 aromatic heterocycles. The summed E-state index contributed by atoms with van der Waals surface area (Å²) in [6.45, 7) is 3.51. The molecule has 120 valence electrons. The summed E-state index contributed by atoms with van der Waals surface area (Å²) in [5.74, 6) is -1.71. The Bertz CT molecular complexity index is 592. The molecule has 1 aliphatic rings. The SMILES string of the molecule is C[C@H](CO)[C@@H](C)NC(=O)[C@H]1CC(c2cc(F)ccc2F)=NO1. The summed E-state index contributed by atoms with van der Waals surface area (Å²) in [6, 6.07) is 2.80. The smallest absolute Gasteiger partial charge is 0.264 e. The highest BCUT2D eigenvalue weighted by molar-refractivity contribution is 6.04. The van der Waals surface area contributed by atoms with Gasteiger partial charge >= 0.3 is 0 Å². The predicted molar refractivity (Wildman–Crippen MR) is 76.2 cm³/mol. The first-order chi connectivity index (χ1) is 10.4. The molecule has 0 saturated heterocycles. The Morgan fingerprint density at radius 2 is 2.23 bits per heavy atom. The molecule has 0 bridgehead atoms. The molecule has 7 heteroatoms. The zero-order valence-electron chi connectivity index (χ0n) is 12.3. The van der Waals surface area contributed by atoms with Crippen LogP contribution in [0, 0.1) is 17.6 Å². The van der Waals surface area contributed by atoms with E-state index < -0.39 is 23.6 Å². The van der Waals surface area contributed by atoms with Crippen LogP contribution in [0.25, 0.3) is 0 Å². The van der Waals surface area contributed by atoms with Gasteiger partial charge in [-0.3, -0.25) is 4.79 Å². The molecular weight excluding hydrogens is 294 g/mol.